The Morgan fingerprint density at radius 3 is 0.705 bits per heavy atom. The second-order valence-electron chi connectivity index (χ2n) is 26.6. The van der Waals surface area contributed by atoms with E-state index in [1.165, 1.54) is 0 Å². The Morgan fingerprint density at radius 2 is 0.511 bits per heavy atom. The highest BCUT2D eigenvalue weighted by molar-refractivity contribution is 5.95. The molecular formula is C70H119NO17. The van der Waals surface area contributed by atoms with Crippen LogP contribution in [-0.4, -0.2) is 137 Å². The third-order valence-corrected chi connectivity index (χ3v) is 19.1. The summed E-state index contributed by atoms with van der Waals surface area (Å²) >= 11 is 0. The van der Waals surface area contributed by atoms with Crippen LogP contribution < -0.4 is 0 Å². The number of aliphatic hydroxyl groups is 1. The van der Waals surface area contributed by atoms with Crippen LogP contribution in [0.4, 0.5) is 0 Å². The van der Waals surface area contributed by atoms with Gasteiger partial charge in [0.15, 0.2) is 11.8 Å². The van der Waals surface area contributed by atoms with Crippen molar-refractivity contribution in [2.45, 2.75) is 259 Å². The van der Waals surface area contributed by atoms with Gasteiger partial charge in [-0.05, 0) is 215 Å². The molecule has 1 N–H and O–H groups in total. The van der Waals surface area contributed by atoms with Gasteiger partial charge in [-0.2, -0.15) is 0 Å². The highest BCUT2D eigenvalue weighted by atomic mass is 16.6. The first-order chi connectivity index (χ1) is 42.7. The minimum atomic E-state index is -1.15. The number of rotatable bonds is 46. The van der Waals surface area contributed by atoms with E-state index in [9.17, 15) is 43.5 Å². The normalized spacial score (nSPS) is 22.8. The average Bonchev–Trinajstić information content (AvgIpc) is 3.67. The molecule has 0 aromatic rings. The number of hydrogen-bond acceptors (Lipinski definition) is 18. The molecule has 0 aromatic heterocycles. The number of esters is 8. The van der Waals surface area contributed by atoms with Crippen LogP contribution in [0.25, 0.3) is 0 Å². The third-order valence-electron chi connectivity index (χ3n) is 19.1. The topological polar surface area (TPSA) is 234 Å². The molecule has 18 nitrogen and oxygen atoms in total. The summed E-state index contributed by atoms with van der Waals surface area (Å²) < 4.78 is 46.0. The number of ether oxygens (including phenoxy) is 8. The van der Waals surface area contributed by atoms with Crippen LogP contribution in [0.5, 0.6) is 0 Å². The molecule has 18 heteroatoms. The standard InChI is InChI=1S/C70H119NO17/c1-5-9-13-21-63(73)81-45-53-25-33-57(34-26-53)49-85-67(77)61(68(78)86-50-58-35-27-54(28-36-58)46-82-64(74)22-14-10-6-2)19-17-41-71(43-44-72)42-18-20-62(69(79)87-51-59-37-29-55(30-38-59)47-83-65(75)23-15-11-7-3)70(80)88-52-60-39-31-56(32-40-60)48-84-66(76)24-16-12-8-4/h53-62,72H,5-52H2,1-4H3. The maximum absolute atomic E-state index is 14.0. The van der Waals surface area contributed by atoms with Gasteiger partial charge in [0.05, 0.1) is 59.5 Å². The Labute approximate surface area is 529 Å². The van der Waals surface area contributed by atoms with Crippen molar-refractivity contribution >= 4 is 47.8 Å². The lowest BCUT2D eigenvalue weighted by Gasteiger charge is -2.29. The lowest BCUT2D eigenvalue weighted by Crippen LogP contribution is -2.35. The lowest BCUT2D eigenvalue weighted by atomic mass is 9.83. The number of nitrogens with zero attached hydrogens (tertiary/aromatic N) is 1. The van der Waals surface area contributed by atoms with Gasteiger partial charge in [-0.1, -0.05) is 79.1 Å². The summed E-state index contributed by atoms with van der Waals surface area (Å²) in [6.07, 6.45) is 27.8. The van der Waals surface area contributed by atoms with Gasteiger partial charge in [-0.25, -0.2) is 0 Å². The number of unbranched alkanes of at least 4 members (excludes halogenated alkanes) is 8. The van der Waals surface area contributed by atoms with Gasteiger partial charge in [-0.3, -0.25) is 38.4 Å². The first-order valence-corrected chi connectivity index (χ1v) is 35.4. The molecule has 88 heavy (non-hydrogen) atoms. The van der Waals surface area contributed by atoms with E-state index in [1.807, 2.05) is 4.90 Å². The van der Waals surface area contributed by atoms with E-state index in [1.54, 1.807) is 0 Å². The zero-order chi connectivity index (χ0) is 63.6. The van der Waals surface area contributed by atoms with E-state index >= 15 is 0 Å². The van der Waals surface area contributed by atoms with Gasteiger partial charge >= 0.3 is 47.8 Å². The van der Waals surface area contributed by atoms with Crippen LogP contribution in [0.1, 0.15) is 259 Å². The van der Waals surface area contributed by atoms with Gasteiger partial charge in [0.1, 0.15) is 0 Å². The van der Waals surface area contributed by atoms with Gasteiger partial charge in [0, 0.05) is 32.2 Å². The van der Waals surface area contributed by atoms with Crippen LogP contribution in [0.3, 0.4) is 0 Å². The monoisotopic (exact) mass is 1250 g/mol. The van der Waals surface area contributed by atoms with Crippen molar-refractivity contribution in [3.8, 4) is 0 Å². The van der Waals surface area contributed by atoms with Gasteiger partial charge in [-0.15, -0.1) is 0 Å². The van der Waals surface area contributed by atoms with Gasteiger partial charge < -0.3 is 47.9 Å². The lowest BCUT2D eigenvalue weighted by molar-refractivity contribution is -0.166. The molecule has 0 spiro atoms. The molecule has 4 saturated carbocycles. The Balaban J connectivity index is 1.33. The minimum Gasteiger partial charge on any atom is -0.465 e. The molecule has 0 heterocycles. The van der Waals surface area contributed by atoms with E-state index in [4.69, 9.17) is 37.9 Å². The molecule has 4 aliphatic rings. The number of aliphatic hydroxyl groups excluding tert-OH is 1. The molecule has 0 unspecified atom stereocenters. The SMILES string of the molecule is CCCCCC(=O)OCC1CCC(COC(=O)C(CCCN(CCO)CCCC(C(=O)OCC2CCC(COC(=O)CCCCC)CC2)C(=O)OCC2CCC(COC(=O)CCCCC)CC2)C(=O)OCC2CCC(COC(=O)CCCCC)CC2)CC1. The molecule has 0 aliphatic heterocycles. The zero-order valence-electron chi connectivity index (χ0n) is 55.1. The molecule has 0 bridgehead atoms. The molecule has 4 aliphatic carbocycles. The summed E-state index contributed by atoms with van der Waals surface area (Å²) in [5, 5.41) is 10.2. The molecule has 4 rings (SSSR count). The highest BCUT2D eigenvalue weighted by Gasteiger charge is 2.35. The number of carbonyl (C=O) groups excluding carboxylic acids is 8. The van der Waals surface area contributed by atoms with E-state index in [2.05, 4.69) is 27.7 Å². The Hall–Kier alpha value is -4.32. The van der Waals surface area contributed by atoms with Crippen molar-refractivity contribution in [2.24, 2.45) is 59.2 Å². The first kappa shape index (κ1) is 76.1. The Morgan fingerprint density at radius 1 is 0.307 bits per heavy atom. The van der Waals surface area contributed by atoms with Crippen molar-refractivity contribution in [2.75, 3.05) is 79.1 Å². The van der Waals surface area contributed by atoms with Crippen LogP contribution in [-0.2, 0) is 76.3 Å². The fraction of sp³-hybridized carbons (Fsp3) is 0.886. The molecule has 0 aromatic carbocycles. The smallest absolute Gasteiger partial charge is 0.320 e. The van der Waals surface area contributed by atoms with Gasteiger partial charge in [0.25, 0.3) is 0 Å². The Bertz CT molecular complexity index is 1690. The predicted octanol–water partition coefficient (Wildman–Crippen LogP) is 13.0. The molecular weight excluding hydrogens is 1130 g/mol. The molecule has 4 fully saturated rings. The van der Waals surface area contributed by atoms with Crippen LogP contribution >= 0.6 is 0 Å². The first-order valence-electron chi connectivity index (χ1n) is 35.4. The second-order valence-corrected chi connectivity index (χ2v) is 26.6. The van der Waals surface area contributed by atoms with E-state index < -0.39 is 35.7 Å². The quantitative estimate of drug-likeness (QED) is 0.0258. The largest absolute Gasteiger partial charge is 0.465 e. The van der Waals surface area contributed by atoms with Crippen molar-refractivity contribution in [3.05, 3.63) is 0 Å². The fourth-order valence-corrected chi connectivity index (χ4v) is 12.8. The molecule has 0 radical (unpaired) electrons. The molecule has 0 atom stereocenters. The van der Waals surface area contributed by atoms with Crippen LogP contribution in [0, 0.1) is 59.2 Å². The van der Waals surface area contributed by atoms with Crippen LogP contribution in [0.2, 0.25) is 0 Å². The summed E-state index contributed by atoms with van der Waals surface area (Å²) in [5.41, 5.74) is 0. The molecule has 0 amide bonds. The van der Waals surface area contributed by atoms with E-state index in [0.717, 1.165) is 180 Å². The third kappa shape index (κ3) is 33.1. The maximum atomic E-state index is 14.0. The Kier molecular flexibility index (Phi) is 40.4. The fourth-order valence-electron chi connectivity index (χ4n) is 12.8. The summed E-state index contributed by atoms with van der Waals surface area (Å²) in [6.45, 7) is 11.7. The van der Waals surface area contributed by atoms with Crippen molar-refractivity contribution in [1.29, 1.82) is 0 Å². The van der Waals surface area contributed by atoms with E-state index in [-0.39, 0.29) is 117 Å². The summed E-state index contributed by atoms with van der Waals surface area (Å²) in [5.74, 6) is -3.86. The minimum absolute atomic E-state index is 0.120. The summed E-state index contributed by atoms with van der Waals surface area (Å²) in [7, 11) is 0. The van der Waals surface area contributed by atoms with Crippen molar-refractivity contribution < 1.29 is 81.4 Å². The average molecular weight is 1250 g/mol. The van der Waals surface area contributed by atoms with Crippen molar-refractivity contribution in [1.82, 2.24) is 4.90 Å². The van der Waals surface area contributed by atoms with Crippen LogP contribution in [0.15, 0.2) is 0 Å². The molecule has 0 saturated heterocycles. The van der Waals surface area contributed by atoms with Gasteiger partial charge in [0.2, 0.25) is 0 Å². The number of carbonyl (C=O) groups is 8. The van der Waals surface area contributed by atoms with Crippen molar-refractivity contribution in [3.63, 3.8) is 0 Å². The second kappa shape index (κ2) is 46.7. The number of hydrogen-bond donors (Lipinski definition) is 1. The van der Waals surface area contributed by atoms with E-state index in [0.29, 0.717) is 84.6 Å². The summed E-state index contributed by atoms with van der Waals surface area (Å²) in [6, 6.07) is 0. The summed E-state index contributed by atoms with van der Waals surface area (Å²) in [4.78, 5) is 107. The predicted molar refractivity (Wildman–Crippen MR) is 335 cm³/mol. The zero-order valence-corrected chi connectivity index (χ0v) is 55.1. The highest BCUT2D eigenvalue weighted by Crippen LogP contribution is 2.34. The molecule has 506 valence electrons. The maximum Gasteiger partial charge on any atom is 0.320 e.